The van der Waals surface area contributed by atoms with Gasteiger partial charge in [-0.3, -0.25) is 10.1 Å². The Kier molecular flexibility index (Phi) is 7.65. The molecule has 2 rings (SSSR count). The first-order chi connectivity index (χ1) is 13.5. The standard InChI is InChI=1S/C20H22N2O5S/c1-24-14-7-9-16(25-2)15(12-14)21-20(28)22-19(23)10-6-13-5-8-17(26-3)18(11-13)27-4/h5-12H,1-4H3,(H2,21,22,23,28). The molecule has 2 N–H and O–H groups in total. The number of carbonyl (C=O) groups is 1. The van der Waals surface area contributed by atoms with E-state index in [1.54, 1.807) is 64.8 Å². The molecule has 0 spiro atoms. The van der Waals surface area contributed by atoms with Crippen LogP contribution in [0.5, 0.6) is 23.0 Å². The van der Waals surface area contributed by atoms with E-state index >= 15 is 0 Å². The minimum absolute atomic E-state index is 0.133. The molecule has 28 heavy (non-hydrogen) atoms. The fourth-order valence-electron chi connectivity index (χ4n) is 2.35. The van der Waals surface area contributed by atoms with Gasteiger partial charge in [-0.15, -0.1) is 0 Å². The Bertz CT molecular complexity index is 883. The third-order valence-corrected chi connectivity index (χ3v) is 3.93. The third kappa shape index (κ3) is 5.62. The van der Waals surface area contributed by atoms with E-state index in [4.69, 9.17) is 31.2 Å². The summed E-state index contributed by atoms with van der Waals surface area (Å²) in [5.74, 6) is 2.01. The van der Waals surface area contributed by atoms with E-state index < -0.39 is 0 Å². The Morgan fingerprint density at radius 2 is 1.57 bits per heavy atom. The number of benzene rings is 2. The summed E-state index contributed by atoms with van der Waals surface area (Å²) in [6.07, 6.45) is 3.02. The second-order valence-electron chi connectivity index (χ2n) is 5.46. The van der Waals surface area contributed by atoms with Crippen molar-refractivity contribution in [1.29, 1.82) is 0 Å². The smallest absolute Gasteiger partial charge is 0.250 e. The minimum atomic E-state index is -0.380. The zero-order valence-corrected chi connectivity index (χ0v) is 16.9. The molecule has 0 aliphatic carbocycles. The van der Waals surface area contributed by atoms with Crippen LogP contribution in [0.2, 0.25) is 0 Å². The zero-order chi connectivity index (χ0) is 20.5. The molecule has 0 bridgehead atoms. The quantitative estimate of drug-likeness (QED) is 0.544. The van der Waals surface area contributed by atoms with Crippen LogP contribution in [0.15, 0.2) is 42.5 Å². The molecule has 0 aliphatic heterocycles. The van der Waals surface area contributed by atoms with Crippen molar-refractivity contribution >= 4 is 35.0 Å². The van der Waals surface area contributed by atoms with E-state index in [0.717, 1.165) is 5.56 Å². The summed E-state index contributed by atoms with van der Waals surface area (Å²) < 4.78 is 20.9. The highest BCUT2D eigenvalue weighted by atomic mass is 32.1. The number of hydrogen-bond acceptors (Lipinski definition) is 6. The molecular formula is C20H22N2O5S. The summed E-state index contributed by atoms with van der Waals surface area (Å²) in [5.41, 5.74) is 1.36. The summed E-state index contributed by atoms with van der Waals surface area (Å²) in [6, 6.07) is 10.6. The first-order valence-corrected chi connectivity index (χ1v) is 8.65. The summed E-state index contributed by atoms with van der Waals surface area (Å²) in [5, 5.41) is 5.64. The second kappa shape index (κ2) is 10.2. The van der Waals surface area contributed by atoms with Crippen molar-refractivity contribution in [2.45, 2.75) is 0 Å². The number of hydrogen-bond donors (Lipinski definition) is 2. The SMILES string of the molecule is COc1ccc(OC)c(NC(=S)NC(=O)C=Cc2ccc(OC)c(OC)c2)c1. The third-order valence-electron chi connectivity index (χ3n) is 3.73. The molecule has 8 heteroatoms. The Hall–Kier alpha value is -3.26. The van der Waals surface area contributed by atoms with Gasteiger partial charge >= 0.3 is 0 Å². The summed E-state index contributed by atoms with van der Waals surface area (Å²) in [6.45, 7) is 0. The normalized spacial score (nSPS) is 10.3. The lowest BCUT2D eigenvalue weighted by Crippen LogP contribution is -2.32. The molecule has 1 amide bonds. The van der Waals surface area contributed by atoms with Crippen LogP contribution in [0.25, 0.3) is 6.08 Å². The highest BCUT2D eigenvalue weighted by Gasteiger charge is 2.08. The van der Waals surface area contributed by atoms with E-state index in [9.17, 15) is 4.79 Å². The van der Waals surface area contributed by atoms with Gasteiger partial charge in [-0.2, -0.15) is 0 Å². The van der Waals surface area contributed by atoms with Gasteiger partial charge in [-0.1, -0.05) is 6.07 Å². The number of nitrogens with one attached hydrogen (secondary N) is 2. The maximum absolute atomic E-state index is 12.1. The first-order valence-electron chi connectivity index (χ1n) is 8.24. The fraction of sp³-hybridized carbons (Fsp3) is 0.200. The van der Waals surface area contributed by atoms with Gasteiger partial charge in [0.2, 0.25) is 5.91 Å². The Morgan fingerprint density at radius 1 is 0.893 bits per heavy atom. The van der Waals surface area contributed by atoms with Gasteiger partial charge in [0.25, 0.3) is 0 Å². The summed E-state index contributed by atoms with van der Waals surface area (Å²) in [7, 11) is 6.21. The van der Waals surface area contributed by atoms with Gasteiger partial charge in [0, 0.05) is 12.1 Å². The molecular weight excluding hydrogens is 380 g/mol. The van der Waals surface area contributed by atoms with Crippen LogP contribution in [0.3, 0.4) is 0 Å². The Balaban J connectivity index is 2.01. The van der Waals surface area contributed by atoms with Crippen LogP contribution in [0.1, 0.15) is 5.56 Å². The highest BCUT2D eigenvalue weighted by molar-refractivity contribution is 7.80. The Morgan fingerprint density at radius 3 is 2.21 bits per heavy atom. The maximum Gasteiger partial charge on any atom is 0.250 e. The summed E-state index contributed by atoms with van der Waals surface area (Å²) in [4.78, 5) is 12.1. The average molecular weight is 402 g/mol. The number of ether oxygens (including phenoxy) is 4. The largest absolute Gasteiger partial charge is 0.497 e. The molecule has 0 atom stereocenters. The minimum Gasteiger partial charge on any atom is -0.497 e. The van der Waals surface area contributed by atoms with Gasteiger partial charge in [0.1, 0.15) is 11.5 Å². The Labute approximate surface area is 169 Å². The predicted octanol–water partition coefficient (Wildman–Crippen LogP) is 3.25. The molecule has 0 heterocycles. The number of carbonyl (C=O) groups excluding carboxylic acids is 1. The van der Waals surface area contributed by atoms with Crippen LogP contribution in [0.4, 0.5) is 5.69 Å². The van der Waals surface area contributed by atoms with E-state index in [-0.39, 0.29) is 11.0 Å². The molecule has 2 aromatic carbocycles. The van der Waals surface area contributed by atoms with Crippen molar-refractivity contribution in [2.75, 3.05) is 33.8 Å². The zero-order valence-electron chi connectivity index (χ0n) is 16.1. The van der Waals surface area contributed by atoms with Gasteiger partial charge in [0.15, 0.2) is 16.6 Å². The van der Waals surface area contributed by atoms with Gasteiger partial charge < -0.3 is 24.3 Å². The van der Waals surface area contributed by atoms with Crippen molar-refractivity contribution in [3.63, 3.8) is 0 Å². The topological polar surface area (TPSA) is 78.1 Å². The predicted molar refractivity (Wildman–Crippen MR) is 112 cm³/mol. The molecule has 0 unspecified atom stereocenters. The van der Waals surface area contributed by atoms with E-state index in [0.29, 0.717) is 28.7 Å². The maximum atomic E-state index is 12.1. The lowest BCUT2D eigenvalue weighted by atomic mass is 10.2. The number of thiocarbonyl (C=S) groups is 1. The molecule has 0 radical (unpaired) electrons. The molecule has 0 saturated carbocycles. The van der Waals surface area contributed by atoms with Crippen LogP contribution in [-0.2, 0) is 4.79 Å². The number of methoxy groups -OCH3 is 4. The van der Waals surface area contributed by atoms with Crippen molar-refractivity contribution in [3.05, 3.63) is 48.0 Å². The lowest BCUT2D eigenvalue weighted by molar-refractivity contribution is -0.115. The van der Waals surface area contributed by atoms with Crippen LogP contribution in [-0.4, -0.2) is 39.5 Å². The molecule has 0 aliphatic rings. The molecule has 2 aromatic rings. The van der Waals surface area contributed by atoms with Crippen molar-refractivity contribution in [3.8, 4) is 23.0 Å². The van der Waals surface area contributed by atoms with Crippen molar-refractivity contribution < 1.29 is 23.7 Å². The highest BCUT2D eigenvalue weighted by Crippen LogP contribution is 2.29. The van der Waals surface area contributed by atoms with Gasteiger partial charge in [-0.05, 0) is 48.1 Å². The summed E-state index contributed by atoms with van der Waals surface area (Å²) >= 11 is 5.19. The van der Waals surface area contributed by atoms with E-state index in [1.165, 1.54) is 6.08 Å². The molecule has 0 aromatic heterocycles. The molecule has 0 saturated heterocycles. The first kappa shape index (κ1) is 21.0. The van der Waals surface area contributed by atoms with Crippen LogP contribution < -0.4 is 29.6 Å². The van der Waals surface area contributed by atoms with Crippen molar-refractivity contribution in [1.82, 2.24) is 5.32 Å². The van der Waals surface area contributed by atoms with Crippen molar-refractivity contribution in [2.24, 2.45) is 0 Å². The molecule has 148 valence electrons. The van der Waals surface area contributed by atoms with E-state index in [1.807, 2.05) is 6.07 Å². The number of amides is 1. The number of anilines is 1. The average Bonchev–Trinajstić information content (AvgIpc) is 2.71. The monoisotopic (exact) mass is 402 g/mol. The van der Waals surface area contributed by atoms with E-state index in [2.05, 4.69) is 10.6 Å². The molecule has 7 nitrogen and oxygen atoms in total. The molecule has 0 fully saturated rings. The van der Waals surface area contributed by atoms with Crippen LogP contribution >= 0.6 is 12.2 Å². The second-order valence-corrected chi connectivity index (χ2v) is 5.87. The fourth-order valence-corrected chi connectivity index (χ4v) is 2.56. The lowest BCUT2D eigenvalue weighted by Gasteiger charge is -2.13. The van der Waals surface area contributed by atoms with Gasteiger partial charge in [-0.25, -0.2) is 0 Å². The van der Waals surface area contributed by atoms with Crippen LogP contribution in [0, 0.1) is 0 Å². The number of rotatable bonds is 7. The van der Waals surface area contributed by atoms with Gasteiger partial charge in [0.05, 0.1) is 34.1 Å².